The molecule has 0 saturated carbocycles. The largest absolute Gasteiger partial charge is 0.493 e. The fraction of sp³-hybridized carbons (Fsp3) is 0.190. The number of carbonyl (C=O) groups excluding carboxylic acids is 2. The highest BCUT2D eigenvalue weighted by molar-refractivity contribution is 5.92. The maximum atomic E-state index is 12.3. The second-order valence-electron chi connectivity index (χ2n) is 6.37. The maximum Gasteiger partial charge on any atom is 0.255 e. The second-order valence-corrected chi connectivity index (χ2v) is 6.37. The molecule has 150 valence electrons. The van der Waals surface area contributed by atoms with E-state index in [9.17, 15) is 9.59 Å². The monoisotopic (exact) mass is 394 g/mol. The van der Waals surface area contributed by atoms with Crippen LogP contribution in [0.25, 0.3) is 17.1 Å². The number of imidazole rings is 1. The van der Waals surface area contributed by atoms with E-state index in [1.165, 1.54) is 13.2 Å². The molecule has 0 bridgehead atoms. The lowest BCUT2D eigenvalue weighted by atomic mass is 10.2. The summed E-state index contributed by atoms with van der Waals surface area (Å²) in [6.45, 7) is 1.62. The third kappa shape index (κ3) is 5.13. The van der Waals surface area contributed by atoms with Gasteiger partial charge in [0.2, 0.25) is 5.91 Å². The van der Waals surface area contributed by atoms with Gasteiger partial charge in [-0.25, -0.2) is 4.98 Å². The number of nitrogens with zero attached hydrogens (tertiary/aromatic N) is 1. The average molecular weight is 394 g/mol. The number of hydrogen-bond acceptors (Lipinski definition) is 5. The van der Waals surface area contributed by atoms with Crippen LogP contribution in [0.2, 0.25) is 0 Å². The summed E-state index contributed by atoms with van der Waals surface area (Å²) in [5.41, 5.74) is 7.59. The molecule has 1 atom stereocenters. The van der Waals surface area contributed by atoms with Crippen molar-refractivity contribution in [2.75, 3.05) is 13.7 Å². The number of amides is 2. The number of nitrogens with one attached hydrogen (secondary N) is 2. The molecule has 0 radical (unpaired) electrons. The Morgan fingerprint density at radius 2 is 2.03 bits per heavy atom. The lowest BCUT2D eigenvalue weighted by molar-refractivity contribution is -0.120. The molecule has 8 nitrogen and oxygen atoms in total. The van der Waals surface area contributed by atoms with Crippen LogP contribution in [-0.4, -0.2) is 35.5 Å². The molecule has 8 heteroatoms. The summed E-state index contributed by atoms with van der Waals surface area (Å²) in [5.74, 6) is 0.679. The normalized spacial score (nSPS) is 12.1. The third-order valence-corrected chi connectivity index (χ3v) is 4.16. The number of nitrogens with two attached hydrogens (primary N) is 1. The SMILES string of the molecule is COc1cc(/C=C/C(=O)NC(C)c2nc3ccccc3[nH]2)ccc1OCC(N)=O. The number of aromatic nitrogens is 2. The van der Waals surface area contributed by atoms with Crippen molar-refractivity contribution >= 4 is 28.9 Å². The number of H-pyrrole nitrogens is 1. The number of methoxy groups -OCH3 is 1. The van der Waals surface area contributed by atoms with Gasteiger partial charge in [-0.2, -0.15) is 0 Å². The van der Waals surface area contributed by atoms with E-state index in [-0.39, 0.29) is 18.6 Å². The Bertz CT molecular complexity index is 1020. The zero-order valence-corrected chi connectivity index (χ0v) is 16.1. The van der Waals surface area contributed by atoms with E-state index in [2.05, 4.69) is 15.3 Å². The van der Waals surface area contributed by atoms with Crippen molar-refractivity contribution in [3.63, 3.8) is 0 Å². The van der Waals surface area contributed by atoms with Crippen LogP contribution in [0.4, 0.5) is 0 Å². The molecule has 4 N–H and O–H groups in total. The zero-order valence-electron chi connectivity index (χ0n) is 16.1. The second kappa shape index (κ2) is 8.92. The van der Waals surface area contributed by atoms with Gasteiger partial charge in [-0.3, -0.25) is 9.59 Å². The van der Waals surface area contributed by atoms with Crippen LogP contribution in [0, 0.1) is 0 Å². The molecule has 29 heavy (non-hydrogen) atoms. The lowest BCUT2D eigenvalue weighted by Gasteiger charge is -2.10. The first-order valence-electron chi connectivity index (χ1n) is 8.98. The average Bonchev–Trinajstić information content (AvgIpc) is 3.15. The minimum atomic E-state index is -0.578. The van der Waals surface area contributed by atoms with Crippen LogP contribution < -0.4 is 20.5 Å². The first kappa shape index (κ1) is 19.9. The predicted octanol–water partition coefficient (Wildman–Crippen LogP) is 2.33. The Morgan fingerprint density at radius 1 is 1.24 bits per heavy atom. The number of benzene rings is 2. The molecule has 0 aliphatic carbocycles. The van der Waals surface area contributed by atoms with Gasteiger partial charge in [0.1, 0.15) is 5.82 Å². The van der Waals surface area contributed by atoms with E-state index in [0.29, 0.717) is 17.3 Å². The predicted molar refractivity (Wildman–Crippen MR) is 109 cm³/mol. The molecule has 3 aromatic rings. The fourth-order valence-electron chi connectivity index (χ4n) is 2.74. The van der Waals surface area contributed by atoms with Crippen LogP contribution >= 0.6 is 0 Å². The molecule has 1 aromatic heterocycles. The molecule has 1 unspecified atom stereocenters. The highest BCUT2D eigenvalue weighted by atomic mass is 16.5. The van der Waals surface area contributed by atoms with Gasteiger partial charge in [0.25, 0.3) is 5.91 Å². The highest BCUT2D eigenvalue weighted by Crippen LogP contribution is 2.28. The number of ether oxygens (including phenoxy) is 2. The summed E-state index contributed by atoms with van der Waals surface area (Å²) >= 11 is 0. The van der Waals surface area contributed by atoms with Crippen LogP contribution in [0.3, 0.4) is 0 Å². The van der Waals surface area contributed by atoms with E-state index >= 15 is 0 Å². The van der Waals surface area contributed by atoms with Gasteiger partial charge < -0.3 is 25.5 Å². The number of aromatic amines is 1. The van der Waals surface area contributed by atoms with Gasteiger partial charge in [0.15, 0.2) is 18.1 Å². The van der Waals surface area contributed by atoms with Gasteiger partial charge in [-0.1, -0.05) is 18.2 Å². The van der Waals surface area contributed by atoms with Crippen molar-refractivity contribution in [1.82, 2.24) is 15.3 Å². The van der Waals surface area contributed by atoms with Crippen LogP contribution in [-0.2, 0) is 9.59 Å². The summed E-state index contributed by atoms with van der Waals surface area (Å²) in [4.78, 5) is 30.8. The summed E-state index contributed by atoms with van der Waals surface area (Å²) in [5, 5.41) is 2.87. The molecular formula is C21H22N4O4. The van der Waals surface area contributed by atoms with Crippen molar-refractivity contribution in [3.8, 4) is 11.5 Å². The van der Waals surface area contributed by atoms with E-state index in [0.717, 1.165) is 16.6 Å². The number of fused-ring (bicyclic) bond motifs is 1. The van der Waals surface area contributed by atoms with E-state index in [4.69, 9.17) is 15.2 Å². The van der Waals surface area contributed by atoms with Crippen molar-refractivity contribution in [3.05, 3.63) is 59.9 Å². The minimum absolute atomic E-state index is 0.242. The quantitative estimate of drug-likeness (QED) is 0.507. The Balaban J connectivity index is 1.64. The van der Waals surface area contributed by atoms with E-state index in [1.54, 1.807) is 24.3 Å². The number of primary amides is 1. The summed E-state index contributed by atoms with van der Waals surface area (Å²) in [7, 11) is 1.49. The standard InChI is InChI=1S/C21H22N4O4/c1-13(21-24-15-5-3-4-6-16(15)25-21)23-20(27)10-8-14-7-9-17(18(11-14)28-2)29-12-19(22)26/h3-11,13H,12H2,1-2H3,(H2,22,26)(H,23,27)(H,24,25)/b10-8+. The minimum Gasteiger partial charge on any atom is -0.493 e. The van der Waals surface area contributed by atoms with Gasteiger partial charge >= 0.3 is 0 Å². The van der Waals surface area contributed by atoms with Crippen molar-refractivity contribution in [1.29, 1.82) is 0 Å². The van der Waals surface area contributed by atoms with Crippen LogP contribution in [0.15, 0.2) is 48.5 Å². The molecule has 0 saturated heterocycles. The van der Waals surface area contributed by atoms with Crippen LogP contribution in [0.5, 0.6) is 11.5 Å². The Labute approximate surface area is 167 Å². The molecule has 1 heterocycles. The van der Waals surface area contributed by atoms with Crippen molar-refractivity contribution in [2.24, 2.45) is 5.73 Å². The topological polar surface area (TPSA) is 119 Å². The third-order valence-electron chi connectivity index (χ3n) is 4.16. The zero-order chi connectivity index (χ0) is 20.8. The van der Waals surface area contributed by atoms with Gasteiger partial charge in [0, 0.05) is 6.08 Å². The first-order valence-corrected chi connectivity index (χ1v) is 8.98. The molecule has 2 amide bonds. The summed E-state index contributed by atoms with van der Waals surface area (Å²) in [6.07, 6.45) is 3.08. The van der Waals surface area contributed by atoms with Crippen LogP contribution in [0.1, 0.15) is 24.4 Å². The summed E-state index contributed by atoms with van der Waals surface area (Å²) in [6, 6.07) is 12.5. The molecular weight excluding hydrogens is 372 g/mol. The lowest BCUT2D eigenvalue weighted by Crippen LogP contribution is -2.25. The number of carbonyl (C=O) groups is 2. The molecule has 0 fully saturated rings. The molecule has 3 rings (SSSR count). The Kier molecular flexibility index (Phi) is 6.13. The van der Waals surface area contributed by atoms with Crippen molar-refractivity contribution < 1.29 is 19.1 Å². The summed E-state index contributed by atoms with van der Waals surface area (Å²) < 4.78 is 10.5. The highest BCUT2D eigenvalue weighted by Gasteiger charge is 2.12. The maximum absolute atomic E-state index is 12.3. The molecule has 0 aliphatic heterocycles. The molecule has 0 aliphatic rings. The Morgan fingerprint density at radius 3 is 2.76 bits per heavy atom. The van der Waals surface area contributed by atoms with Gasteiger partial charge in [-0.15, -0.1) is 0 Å². The number of hydrogen-bond donors (Lipinski definition) is 3. The van der Waals surface area contributed by atoms with E-state index < -0.39 is 5.91 Å². The Hall–Kier alpha value is -3.81. The molecule has 2 aromatic carbocycles. The first-order chi connectivity index (χ1) is 14.0. The van der Waals surface area contributed by atoms with Gasteiger partial charge in [-0.05, 0) is 42.8 Å². The molecule has 0 spiro atoms. The fourth-order valence-corrected chi connectivity index (χ4v) is 2.74. The van der Waals surface area contributed by atoms with Crippen molar-refractivity contribution in [2.45, 2.75) is 13.0 Å². The van der Waals surface area contributed by atoms with E-state index in [1.807, 2.05) is 31.2 Å². The smallest absolute Gasteiger partial charge is 0.255 e. The number of para-hydroxylation sites is 2. The number of rotatable bonds is 8. The van der Waals surface area contributed by atoms with Gasteiger partial charge in [0.05, 0.1) is 24.2 Å².